The second kappa shape index (κ2) is 5.83. The number of pyridine rings is 1. The third-order valence-electron chi connectivity index (χ3n) is 3.22. The molecule has 0 aliphatic heterocycles. The van der Waals surface area contributed by atoms with E-state index >= 15 is 0 Å². The van der Waals surface area contributed by atoms with E-state index < -0.39 is 5.41 Å². The number of ether oxygens (including phenoxy) is 2. The first-order valence-electron chi connectivity index (χ1n) is 6.53. The Morgan fingerprint density at radius 2 is 1.90 bits per heavy atom. The van der Waals surface area contributed by atoms with E-state index in [4.69, 9.17) is 15.2 Å². The number of hydrogen-bond donors (Lipinski definition) is 1. The van der Waals surface area contributed by atoms with Crippen LogP contribution in [0, 0.1) is 0 Å². The number of nitrogens with two attached hydrogens (primary N) is 1. The van der Waals surface area contributed by atoms with Crippen molar-refractivity contribution < 1.29 is 14.3 Å². The fraction of sp³-hybridized carbons (Fsp3) is 0.250. The topological polar surface area (TPSA) is 74.4 Å². The van der Waals surface area contributed by atoms with Crippen molar-refractivity contribution in [2.75, 3.05) is 12.8 Å². The summed E-state index contributed by atoms with van der Waals surface area (Å²) in [4.78, 5) is 15.9. The van der Waals surface area contributed by atoms with E-state index in [9.17, 15) is 4.79 Å². The van der Waals surface area contributed by atoms with Crippen LogP contribution in [0.1, 0.15) is 19.4 Å². The summed E-state index contributed by atoms with van der Waals surface area (Å²) >= 11 is 0. The van der Waals surface area contributed by atoms with Crippen LogP contribution in [0.3, 0.4) is 0 Å². The fourth-order valence-electron chi connectivity index (χ4n) is 1.93. The minimum Gasteiger partial charge on any atom is -0.468 e. The second-order valence-corrected chi connectivity index (χ2v) is 5.15. The van der Waals surface area contributed by atoms with Gasteiger partial charge in [0.2, 0.25) is 5.88 Å². The van der Waals surface area contributed by atoms with E-state index in [-0.39, 0.29) is 5.97 Å². The smallest absolute Gasteiger partial charge is 0.315 e. The number of nitrogen functional groups attached to an aromatic ring is 1. The van der Waals surface area contributed by atoms with Crippen molar-refractivity contribution >= 4 is 11.8 Å². The molecule has 5 nitrogen and oxygen atoms in total. The lowest BCUT2D eigenvalue weighted by molar-refractivity contribution is -0.146. The quantitative estimate of drug-likeness (QED) is 0.875. The monoisotopic (exact) mass is 286 g/mol. The summed E-state index contributed by atoms with van der Waals surface area (Å²) in [5, 5.41) is 0. The maximum absolute atomic E-state index is 11.9. The number of esters is 1. The summed E-state index contributed by atoms with van der Waals surface area (Å²) < 4.78 is 10.5. The van der Waals surface area contributed by atoms with E-state index in [2.05, 4.69) is 4.98 Å². The zero-order valence-corrected chi connectivity index (χ0v) is 12.3. The summed E-state index contributed by atoms with van der Waals surface area (Å²) in [7, 11) is 1.38. The van der Waals surface area contributed by atoms with Gasteiger partial charge < -0.3 is 15.2 Å². The summed E-state index contributed by atoms with van der Waals surface area (Å²) in [5.74, 6) is 1.07. The normalized spacial score (nSPS) is 11.0. The van der Waals surface area contributed by atoms with Crippen LogP contribution in [0.15, 0.2) is 42.5 Å². The van der Waals surface area contributed by atoms with Gasteiger partial charge in [-0.05, 0) is 37.6 Å². The van der Waals surface area contributed by atoms with Gasteiger partial charge in [-0.25, -0.2) is 0 Å². The van der Waals surface area contributed by atoms with Crippen LogP contribution in [0.4, 0.5) is 5.82 Å². The Balaban J connectivity index is 2.28. The van der Waals surface area contributed by atoms with E-state index in [1.165, 1.54) is 7.11 Å². The molecule has 0 saturated heterocycles. The standard InChI is InChI=1S/C16H18N2O3/c1-16(2,15(19)20-3)11-6-4-7-12(10-11)21-14-9-5-8-13(17)18-14/h4-10H,1-3H3,(H2,17,18). The van der Waals surface area contributed by atoms with Gasteiger partial charge >= 0.3 is 5.97 Å². The highest BCUT2D eigenvalue weighted by molar-refractivity contribution is 5.82. The third-order valence-corrected chi connectivity index (χ3v) is 3.22. The molecule has 0 aliphatic carbocycles. The molecule has 0 radical (unpaired) electrons. The molecule has 1 aromatic carbocycles. The van der Waals surface area contributed by atoms with Crippen molar-refractivity contribution in [1.82, 2.24) is 4.98 Å². The molecule has 0 saturated carbocycles. The molecule has 0 spiro atoms. The number of rotatable bonds is 4. The maximum atomic E-state index is 11.9. The molecule has 0 aliphatic rings. The van der Waals surface area contributed by atoms with Gasteiger partial charge in [0.1, 0.15) is 11.6 Å². The number of aromatic nitrogens is 1. The number of methoxy groups -OCH3 is 1. The van der Waals surface area contributed by atoms with Gasteiger partial charge in [0.15, 0.2) is 0 Å². The molecule has 2 aromatic rings. The first-order valence-corrected chi connectivity index (χ1v) is 6.53. The highest BCUT2D eigenvalue weighted by Crippen LogP contribution is 2.29. The number of hydrogen-bond acceptors (Lipinski definition) is 5. The van der Waals surface area contributed by atoms with Gasteiger partial charge in [-0.3, -0.25) is 4.79 Å². The Morgan fingerprint density at radius 1 is 1.19 bits per heavy atom. The van der Waals surface area contributed by atoms with E-state index in [1.807, 2.05) is 12.1 Å². The van der Waals surface area contributed by atoms with Gasteiger partial charge in [-0.2, -0.15) is 4.98 Å². The summed E-state index contributed by atoms with van der Waals surface area (Å²) in [6.45, 7) is 3.60. The molecule has 1 heterocycles. The number of carbonyl (C=O) groups excluding carboxylic acids is 1. The van der Waals surface area contributed by atoms with Crippen molar-refractivity contribution in [3.05, 3.63) is 48.0 Å². The van der Waals surface area contributed by atoms with Crippen LogP contribution >= 0.6 is 0 Å². The number of carbonyl (C=O) groups is 1. The van der Waals surface area contributed by atoms with Crippen LogP contribution in [-0.4, -0.2) is 18.1 Å². The summed E-state index contributed by atoms with van der Waals surface area (Å²) in [5.41, 5.74) is 5.67. The van der Waals surface area contributed by atoms with Gasteiger partial charge in [-0.1, -0.05) is 18.2 Å². The highest BCUT2D eigenvalue weighted by Gasteiger charge is 2.31. The first-order chi connectivity index (χ1) is 9.93. The molecule has 21 heavy (non-hydrogen) atoms. The number of benzene rings is 1. The minimum atomic E-state index is -0.753. The van der Waals surface area contributed by atoms with Crippen LogP contribution in [0.25, 0.3) is 0 Å². The zero-order chi connectivity index (χ0) is 15.5. The average molecular weight is 286 g/mol. The van der Waals surface area contributed by atoms with Gasteiger partial charge in [0, 0.05) is 6.07 Å². The zero-order valence-electron chi connectivity index (χ0n) is 12.3. The third kappa shape index (κ3) is 3.31. The molecular weight excluding hydrogens is 268 g/mol. The van der Waals surface area contributed by atoms with Gasteiger partial charge in [0.25, 0.3) is 0 Å². The van der Waals surface area contributed by atoms with Crippen LogP contribution in [-0.2, 0) is 14.9 Å². The van der Waals surface area contributed by atoms with Crippen molar-refractivity contribution in [3.63, 3.8) is 0 Å². The largest absolute Gasteiger partial charge is 0.468 e. The van der Waals surface area contributed by atoms with E-state index in [0.29, 0.717) is 17.4 Å². The van der Waals surface area contributed by atoms with Gasteiger partial charge in [0.05, 0.1) is 12.5 Å². The molecule has 5 heteroatoms. The molecule has 0 bridgehead atoms. The molecule has 1 aromatic heterocycles. The Labute approximate surface area is 123 Å². The van der Waals surface area contributed by atoms with Gasteiger partial charge in [-0.15, -0.1) is 0 Å². The molecule has 0 atom stereocenters. The molecule has 0 amide bonds. The predicted octanol–water partition coefficient (Wildman–Crippen LogP) is 2.91. The Morgan fingerprint density at radius 3 is 2.57 bits per heavy atom. The van der Waals surface area contributed by atoms with Crippen LogP contribution in [0.5, 0.6) is 11.6 Å². The number of anilines is 1. The van der Waals surface area contributed by atoms with E-state index in [1.54, 1.807) is 44.2 Å². The first kappa shape index (κ1) is 14.8. The predicted molar refractivity (Wildman–Crippen MR) is 80.2 cm³/mol. The molecular formula is C16H18N2O3. The second-order valence-electron chi connectivity index (χ2n) is 5.15. The lowest BCUT2D eigenvalue weighted by atomic mass is 9.85. The Hall–Kier alpha value is -2.56. The fourth-order valence-corrected chi connectivity index (χ4v) is 1.93. The van der Waals surface area contributed by atoms with Crippen LogP contribution < -0.4 is 10.5 Å². The maximum Gasteiger partial charge on any atom is 0.315 e. The van der Waals surface area contributed by atoms with Crippen molar-refractivity contribution in [3.8, 4) is 11.6 Å². The lowest BCUT2D eigenvalue weighted by Gasteiger charge is -2.22. The lowest BCUT2D eigenvalue weighted by Crippen LogP contribution is -2.30. The molecule has 0 unspecified atom stereocenters. The van der Waals surface area contributed by atoms with Crippen molar-refractivity contribution in [2.24, 2.45) is 0 Å². The minimum absolute atomic E-state index is 0.304. The summed E-state index contributed by atoms with van der Waals surface area (Å²) in [6, 6.07) is 12.4. The van der Waals surface area contributed by atoms with Crippen molar-refractivity contribution in [1.29, 1.82) is 0 Å². The molecule has 2 N–H and O–H groups in total. The molecule has 2 rings (SSSR count). The molecule has 110 valence electrons. The van der Waals surface area contributed by atoms with E-state index in [0.717, 1.165) is 5.56 Å². The molecule has 0 fully saturated rings. The van der Waals surface area contributed by atoms with Crippen molar-refractivity contribution in [2.45, 2.75) is 19.3 Å². The summed E-state index contributed by atoms with van der Waals surface area (Å²) in [6.07, 6.45) is 0. The Kier molecular flexibility index (Phi) is 4.12. The average Bonchev–Trinajstić information content (AvgIpc) is 2.46. The Bertz CT molecular complexity index is 653. The highest BCUT2D eigenvalue weighted by atomic mass is 16.5. The van der Waals surface area contributed by atoms with Crippen LogP contribution in [0.2, 0.25) is 0 Å². The number of nitrogens with zero attached hydrogens (tertiary/aromatic N) is 1. The SMILES string of the molecule is COC(=O)C(C)(C)c1cccc(Oc2cccc(N)n2)c1.